The number of aliphatic hydroxyl groups excluding tert-OH is 1. The van der Waals surface area contributed by atoms with Crippen LogP contribution >= 0.6 is 0 Å². The van der Waals surface area contributed by atoms with Gasteiger partial charge in [-0.25, -0.2) is 4.79 Å². The van der Waals surface area contributed by atoms with E-state index in [-0.39, 0.29) is 121 Å². The van der Waals surface area contributed by atoms with E-state index in [1.54, 1.807) is 0 Å². The number of carbonyl (C=O) groups is 7. The first kappa shape index (κ1) is 60.2. The van der Waals surface area contributed by atoms with Crippen molar-refractivity contribution in [3.8, 4) is 0 Å². The molecule has 0 heterocycles. The van der Waals surface area contributed by atoms with Crippen LogP contribution in [-0.4, -0.2) is 155 Å². The number of aliphatic carboxylic acids is 1. The predicted octanol–water partition coefficient (Wildman–Crippen LogP) is 1.03. The topological polar surface area (TPSA) is 295 Å². The molecule has 370 valence electrons. The number of ketones is 1. The first-order valence-corrected chi connectivity index (χ1v) is 23.2. The molecular weight excluding hydrogens is 835 g/mol. The smallest absolute Gasteiger partial charge is 0.326 e. The van der Waals surface area contributed by atoms with E-state index < -0.39 is 36.6 Å². The summed E-state index contributed by atoms with van der Waals surface area (Å²) in [5.74, 6) is -3.56. The van der Waals surface area contributed by atoms with Crippen molar-refractivity contribution in [3.63, 3.8) is 0 Å². The summed E-state index contributed by atoms with van der Waals surface area (Å²) in [5, 5.41) is 34.2. The van der Waals surface area contributed by atoms with Crippen LogP contribution in [0.25, 0.3) is 0 Å². The second kappa shape index (κ2) is 43.1. The van der Waals surface area contributed by atoms with Crippen LogP contribution in [0.3, 0.4) is 0 Å². The van der Waals surface area contributed by atoms with E-state index >= 15 is 0 Å². The molecule has 64 heavy (non-hydrogen) atoms. The molecule has 0 bridgehead atoms. The van der Waals surface area contributed by atoms with E-state index in [0.717, 1.165) is 19.3 Å². The van der Waals surface area contributed by atoms with E-state index in [1.807, 2.05) is 0 Å². The zero-order valence-electron chi connectivity index (χ0n) is 38.4. The molecule has 0 aliphatic carbocycles. The molecule has 0 aromatic carbocycles. The maximum absolute atomic E-state index is 12.3. The highest BCUT2D eigenvalue weighted by atomic mass is 16.5. The molecule has 0 aliphatic heterocycles. The zero-order chi connectivity index (χ0) is 47.5. The number of carboxylic acid groups (broad SMARTS) is 1. The lowest BCUT2D eigenvalue weighted by molar-refractivity contribution is -0.142. The molecule has 3 atom stereocenters. The predicted molar refractivity (Wildman–Crippen MR) is 240 cm³/mol. The van der Waals surface area contributed by atoms with Crippen molar-refractivity contribution in [2.75, 3.05) is 85.6 Å². The average Bonchev–Trinajstić information content (AvgIpc) is 3.26. The van der Waals surface area contributed by atoms with Crippen molar-refractivity contribution in [2.45, 2.75) is 147 Å². The van der Waals surface area contributed by atoms with Crippen LogP contribution in [0.1, 0.15) is 129 Å². The highest BCUT2D eigenvalue weighted by Gasteiger charge is 2.21. The Balaban J connectivity index is 3.72. The minimum Gasteiger partial charge on any atom is -0.480 e. The van der Waals surface area contributed by atoms with Gasteiger partial charge in [0.1, 0.15) is 25.3 Å². The third kappa shape index (κ3) is 37.6. The number of ether oxygens (including phenoxy) is 4. The Morgan fingerprint density at radius 2 is 1.05 bits per heavy atom. The lowest BCUT2D eigenvalue weighted by atomic mass is 10.0. The largest absolute Gasteiger partial charge is 0.480 e. The van der Waals surface area contributed by atoms with Gasteiger partial charge in [0.05, 0.1) is 58.8 Å². The third-order valence-electron chi connectivity index (χ3n) is 10.0. The van der Waals surface area contributed by atoms with Crippen LogP contribution < -0.4 is 37.6 Å². The SMILES string of the molecule is [CH]N[C@@H](CCCCNC(=O)COCCOCCNC(=O)COCCOCCNC(=O)CC[C@H](NC(=O)CCCCCCCCCCCCCCC)C(=O)O)C(=O)CN[C@@H](CO)C(N)=O. The molecule has 20 heteroatoms. The summed E-state index contributed by atoms with van der Waals surface area (Å²) in [6.45, 7) is 3.16. The van der Waals surface area contributed by atoms with Crippen molar-refractivity contribution in [1.29, 1.82) is 0 Å². The van der Waals surface area contributed by atoms with Gasteiger partial charge < -0.3 is 61.5 Å². The van der Waals surface area contributed by atoms with Gasteiger partial charge in [-0.05, 0) is 32.1 Å². The Kier molecular flexibility index (Phi) is 40.6. The quantitative estimate of drug-likeness (QED) is 0.0305. The second-order valence-electron chi connectivity index (χ2n) is 15.6. The average molecular weight is 916 g/mol. The molecule has 10 N–H and O–H groups in total. The Morgan fingerprint density at radius 1 is 0.547 bits per heavy atom. The number of hydrogen-bond acceptors (Lipinski definition) is 14. The highest BCUT2D eigenvalue weighted by molar-refractivity contribution is 5.87. The summed E-state index contributed by atoms with van der Waals surface area (Å²) in [7, 11) is 5.46. The number of unbranched alkanes of at least 4 members (excludes halogenated alkanes) is 13. The summed E-state index contributed by atoms with van der Waals surface area (Å²) in [4.78, 5) is 83.5. The molecule has 20 nitrogen and oxygen atoms in total. The molecule has 5 amide bonds. The summed E-state index contributed by atoms with van der Waals surface area (Å²) in [6.07, 6.45) is 17.3. The van der Waals surface area contributed by atoms with E-state index in [4.69, 9.17) is 36.8 Å². The molecule has 0 fully saturated rings. The molecule has 0 rings (SSSR count). The lowest BCUT2D eigenvalue weighted by Crippen LogP contribution is -2.48. The third-order valence-corrected chi connectivity index (χ3v) is 10.0. The second-order valence-corrected chi connectivity index (χ2v) is 15.6. The molecule has 0 unspecified atom stereocenters. The van der Waals surface area contributed by atoms with E-state index in [9.17, 15) is 38.7 Å². The van der Waals surface area contributed by atoms with Gasteiger partial charge in [0, 0.05) is 39.5 Å². The first-order chi connectivity index (χ1) is 30.9. The number of amides is 5. The number of aliphatic hydroxyl groups is 1. The Hall–Kier alpha value is -3.79. The van der Waals surface area contributed by atoms with Crippen LogP contribution in [0, 0.1) is 7.05 Å². The van der Waals surface area contributed by atoms with Gasteiger partial charge in [-0.15, -0.1) is 0 Å². The van der Waals surface area contributed by atoms with Crippen LogP contribution in [0.2, 0.25) is 0 Å². The van der Waals surface area contributed by atoms with E-state index in [2.05, 4.69) is 38.8 Å². The Labute approximate surface area is 380 Å². The molecule has 0 spiro atoms. The summed E-state index contributed by atoms with van der Waals surface area (Å²) in [5.41, 5.74) is 5.12. The monoisotopic (exact) mass is 916 g/mol. The summed E-state index contributed by atoms with van der Waals surface area (Å²) < 4.78 is 21.3. The van der Waals surface area contributed by atoms with Gasteiger partial charge in [-0.2, -0.15) is 0 Å². The van der Waals surface area contributed by atoms with Crippen LogP contribution in [0.4, 0.5) is 0 Å². The van der Waals surface area contributed by atoms with Crippen molar-refractivity contribution in [3.05, 3.63) is 7.05 Å². The van der Waals surface area contributed by atoms with Gasteiger partial charge in [-0.3, -0.25) is 34.1 Å². The fourth-order valence-electron chi connectivity index (χ4n) is 6.23. The number of Topliss-reactive ketones (excluding diaryl/α,β-unsaturated/α-hetero) is 1. The maximum Gasteiger partial charge on any atom is 0.326 e. The van der Waals surface area contributed by atoms with Gasteiger partial charge in [0.2, 0.25) is 29.5 Å². The van der Waals surface area contributed by atoms with Gasteiger partial charge in [0.25, 0.3) is 0 Å². The van der Waals surface area contributed by atoms with Gasteiger partial charge >= 0.3 is 5.97 Å². The van der Waals surface area contributed by atoms with Crippen LogP contribution in [-0.2, 0) is 52.5 Å². The van der Waals surface area contributed by atoms with Crippen molar-refractivity contribution < 1.29 is 62.7 Å². The minimum absolute atomic E-state index is 0.0205. The van der Waals surface area contributed by atoms with E-state index in [0.29, 0.717) is 32.2 Å². The number of nitrogens with one attached hydrogen (secondary N) is 6. The number of rotatable bonds is 47. The Bertz CT molecular complexity index is 1260. The number of hydrogen-bond donors (Lipinski definition) is 9. The summed E-state index contributed by atoms with van der Waals surface area (Å²) in [6, 6.07) is -2.82. The molecular formula is C44H81N7O13. The molecule has 0 saturated heterocycles. The molecule has 0 aromatic rings. The first-order valence-electron chi connectivity index (χ1n) is 23.2. The van der Waals surface area contributed by atoms with Crippen molar-refractivity contribution in [2.24, 2.45) is 5.73 Å². The fraction of sp³-hybridized carbons (Fsp3) is 0.818. The number of carbonyl (C=O) groups excluding carboxylic acids is 6. The molecule has 0 aliphatic rings. The van der Waals surface area contributed by atoms with Crippen molar-refractivity contribution in [1.82, 2.24) is 31.9 Å². The van der Waals surface area contributed by atoms with Crippen LogP contribution in [0.15, 0.2) is 0 Å². The van der Waals surface area contributed by atoms with Crippen molar-refractivity contribution >= 4 is 41.3 Å². The molecule has 2 radical (unpaired) electrons. The summed E-state index contributed by atoms with van der Waals surface area (Å²) >= 11 is 0. The zero-order valence-corrected chi connectivity index (χ0v) is 38.4. The normalized spacial score (nSPS) is 12.5. The lowest BCUT2D eigenvalue weighted by Gasteiger charge is -2.17. The molecule has 0 aromatic heterocycles. The van der Waals surface area contributed by atoms with Crippen LogP contribution in [0.5, 0.6) is 0 Å². The number of carboxylic acids is 1. The highest BCUT2D eigenvalue weighted by Crippen LogP contribution is 2.13. The number of primary amides is 1. The number of nitrogens with two attached hydrogens (primary N) is 1. The van der Waals surface area contributed by atoms with E-state index in [1.165, 1.54) is 57.8 Å². The fourth-order valence-corrected chi connectivity index (χ4v) is 6.23. The van der Waals surface area contributed by atoms with Gasteiger partial charge in [-0.1, -0.05) is 84.0 Å². The standard InChI is InChI=1S/C44H81N7O13/c1-3-4-5-6-7-8-9-10-11-12-13-14-15-19-40(55)51-36(44(59)60)20-21-39(54)48-23-25-61-27-30-64-34-42(57)49-24-26-62-28-29-63-33-41(56)47-22-17-16-18-35(46-2)38(53)31-50-37(32-52)43(45)58/h2,35-37,46,50,52H,3-34H2,1H3,(H2,45,58)(H,47,56)(H,48,54)(H,49,57)(H,51,55)(H,59,60)/t35-,36-,37-/m0/s1. The minimum atomic E-state index is -1.18. The Morgan fingerprint density at radius 3 is 1.55 bits per heavy atom. The maximum atomic E-state index is 12.3. The van der Waals surface area contributed by atoms with Gasteiger partial charge in [0.15, 0.2) is 5.78 Å². The molecule has 0 saturated carbocycles.